The average molecular weight is 197 g/mol. The summed E-state index contributed by atoms with van der Waals surface area (Å²) in [6, 6.07) is 2.36. The molecule has 0 N–H and O–H groups in total. The molecule has 14 heavy (non-hydrogen) atoms. The Morgan fingerprint density at radius 2 is 2.36 bits per heavy atom. The first-order chi connectivity index (χ1) is 6.68. The topological polar surface area (TPSA) is 42.2 Å². The van der Waals surface area contributed by atoms with Crippen LogP contribution in [0.1, 0.15) is 26.7 Å². The van der Waals surface area contributed by atoms with Gasteiger partial charge in [0.2, 0.25) is 0 Å². The summed E-state index contributed by atoms with van der Waals surface area (Å²) >= 11 is 0. The zero-order valence-electron chi connectivity index (χ0n) is 9.08. The molecule has 1 unspecified atom stereocenters. The highest BCUT2D eigenvalue weighted by atomic mass is 16.5. The maximum Gasteiger partial charge on any atom is 0.0850 e. The van der Waals surface area contributed by atoms with Gasteiger partial charge in [0, 0.05) is 19.8 Å². The van der Waals surface area contributed by atoms with Crippen LogP contribution in [0.25, 0.3) is 0 Å². The Balaban J connectivity index is 2.19. The Bertz CT molecular complexity index is 202. The van der Waals surface area contributed by atoms with E-state index in [1.807, 2.05) is 0 Å². The highest BCUT2D eigenvalue weighted by Crippen LogP contribution is 2.31. The first-order valence-electron chi connectivity index (χ1n) is 5.25. The molecule has 80 valence electrons. The van der Waals surface area contributed by atoms with Gasteiger partial charge in [-0.2, -0.15) is 5.26 Å². The van der Waals surface area contributed by atoms with E-state index in [1.165, 1.54) is 0 Å². The summed E-state index contributed by atoms with van der Waals surface area (Å²) in [7, 11) is 0. The van der Waals surface area contributed by atoms with Crippen LogP contribution in [0, 0.1) is 22.7 Å². The van der Waals surface area contributed by atoms with Crippen molar-refractivity contribution < 1.29 is 9.47 Å². The fourth-order valence-corrected chi connectivity index (χ4v) is 1.54. The van der Waals surface area contributed by atoms with Crippen LogP contribution in [-0.2, 0) is 9.47 Å². The molecule has 1 aliphatic heterocycles. The van der Waals surface area contributed by atoms with Gasteiger partial charge in [-0.1, -0.05) is 13.8 Å². The predicted molar refractivity (Wildman–Crippen MR) is 53.8 cm³/mol. The van der Waals surface area contributed by atoms with E-state index in [9.17, 15) is 0 Å². The Morgan fingerprint density at radius 1 is 1.57 bits per heavy atom. The fourth-order valence-electron chi connectivity index (χ4n) is 1.54. The zero-order chi connectivity index (χ0) is 10.4. The second-order valence-electron chi connectivity index (χ2n) is 4.41. The summed E-state index contributed by atoms with van der Waals surface area (Å²) in [5.74, 6) is 0.563. The Hall–Kier alpha value is -0.590. The minimum Gasteiger partial charge on any atom is -0.381 e. The van der Waals surface area contributed by atoms with Gasteiger partial charge in [0.15, 0.2) is 0 Å². The normalized spacial score (nSPS) is 26.7. The standard InChI is InChI=1S/C11H19NO2/c1-10(2)7-13-5-3-11(8-12)4-6-14-9-11/h10H,3-7,9H2,1-2H3. The first-order valence-corrected chi connectivity index (χ1v) is 5.25. The Morgan fingerprint density at radius 3 is 2.86 bits per heavy atom. The number of nitriles is 1. The maximum absolute atomic E-state index is 9.04. The van der Waals surface area contributed by atoms with E-state index in [0.29, 0.717) is 19.1 Å². The van der Waals surface area contributed by atoms with Crippen LogP contribution < -0.4 is 0 Å². The van der Waals surface area contributed by atoms with Crippen molar-refractivity contribution in [3.8, 4) is 6.07 Å². The summed E-state index contributed by atoms with van der Waals surface area (Å²) < 4.78 is 10.7. The molecule has 0 aromatic rings. The predicted octanol–water partition coefficient (Wildman–Crippen LogP) is 1.98. The minimum absolute atomic E-state index is 0.267. The lowest BCUT2D eigenvalue weighted by atomic mass is 9.86. The van der Waals surface area contributed by atoms with Crippen molar-refractivity contribution in [2.45, 2.75) is 26.7 Å². The monoisotopic (exact) mass is 197 g/mol. The van der Waals surface area contributed by atoms with Crippen LogP contribution in [0.2, 0.25) is 0 Å². The lowest BCUT2D eigenvalue weighted by Crippen LogP contribution is -2.21. The number of ether oxygens (including phenoxy) is 2. The van der Waals surface area contributed by atoms with E-state index in [-0.39, 0.29) is 5.41 Å². The van der Waals surface area contributed by atoms with Gasteiger partial charge in [-0.15, -0.1) is 0 Å². The van der Waals surface area contributed by atoms with E-state index in [2.05, 4.69) is 19.9 Å². The van der Waals surface area contributed by atoms with Gasteiger partial charge in [0.1, 0.15) is 0 Å². The molecule has 0 saturated carbocycles. The van der Waals surface area contributed by atoms with Crippen molar-refractivity contribution in [1.82, 2.24) is 0 Å². The van der Waals surface area contributed by atoms with E-state index < -0.39 is 0 Å². The largest absolute Gasteiger partial charge is 0.381 e. The zero-order valence-corrected chi connectivity index (χ0v) is 9.08. The van der Waals surface area contributed by atoms with E-state index in [4.69, 9.17) is 14.7 Å². The molecular formula is C11H19NO2. The summed E-state index contributed by atoms with van der Waals surface area (Å²) in [5.41, 5.74) is -0.267. The molecule has 1 fully saturated rings. The van der Waals surface area contributed by atoms with Gasteiger partial charge in [-0.3, -0.25) is 0 Å². The number of hydrogen-bond acceptors (Lipinski definition) is 3. The van der Waals surface area contributed by atoms with Crippen LogP contribution in [0.4, 0.5) is 0 Å². The highest BCUT2D eigenvalue weighted by Gasteiger charge is 2.34. The lowest BCUT2D eigenvalue weighted by molar-refractivity contribution is 0.0828. The second-order valence-corrected chi connectivity index (χ2v) is 4.41. The summed E-state index contributed by atoms with van der Waals surface area (Å²) in [6.45, 7) is 7.00. The molecule has 1 saturated heterocycles. The smallest absolute Gasteiger partial charge is 0.0850 e. The molecule has 0 bridgehead atoms. The van der Waals surface area contributed by atoms with E-state index in [1.54, 1.807) is 0 Å². The van der Waals surface area contributed by atoms with E-state index >= 15 is 0 Å². The van der Waals surface area contributed by atoms with Crippen LogP contribution in [0.3, 0.4) is 0 Å². The van der Waals surface area contributed by atoms with Gasteiger partial charge >= 0.3 is 0 Å². The van der Waals surface area contributed by atoms with Crippen molar-refractivity contribution in [2.75, 3.05) is 26.4 Å². The van der Waals surface area contributed by atoms with Crippen molar-refractivity contribution in [1.29, 1.82) is 5.26 Å². The van der Waals surface area contributed by atoms with Crippen LogP contribution in [-0.4, -0.2) is 26.4 Å². The van der Waals surface area contributed by atoms with Gasteiger partial charge in [-0.25, -0.2) is 0 Å². The van der Waals surface area contributed by atoms with Crippen molar-refractivity contribution in [3.05, 3.63) is 0 Å². The minimum atomic E-state index is -0.267. The molecule has 0 radical (unpaired) electrons. The third kappa shape index (κ3) is 3.28. The quantitative estimate of drug-likeness (QED) is 0.633. The average Bonchev–Trinajstić information content (AvgIpc) is 2.62. The molecular weight excluding hydrogens is 178 g/mol. The SMILES string of the molecule is CC(C)COCCC1(C#N)CCOC1. The molecule has 1 rings (SSSR count). The Labute approximate surface area is 86.0 Å². The van der Waals surface area contributed by atoms with Crippen molar-refractivity contribution in [2.24, 2.45) is 11.3 Å². The maximum atomic E-state index is 9.04. The molecule has 0 aliphatic carbocycles. The molecule has 0 aromatic carbocycles. The molecule has 1 atom stereocenters. The molecule has 1 heterocycles. The summed E-state index contributed by atoms with van der Waals surface area (Å²) in [6.07, 6.45) is 1.66. The van der Waals surface area contributed by atoms with Crippen molar-refractivity contribution >= 4 is 0 Å². The molecule has 0 aromatic heterocycles. The van der Waals surface area contributed by atoms with Gasteiger partial charge < -0.3 is 9.47 Å². The van der Waals surface area contributed by atoms with E-state index in [0.717, 1.165) is 26.1 Å². The van der Waals surface area contributed by atoms with Gasteiger partial charge in [0.05, 0.1) is 18.1 Å². The second kappa shape index (κ2) is 5.33. The number of rotatable bonds is 5. The molecule has 3 nitrogen and oxygen atoms in total. The molecule has 0 spiro atoms. The summed E-state index contributed by atoms with van der Waals surface area (Å²) in [4.78, 5) is 0. The third-order valence-corrected chi connectivity index (χ3v) is 2.52. The van der Waals surface area contributed by atoms with Gasteiger partial charge in [0.25, 0.3) is 0 Å². The first kappa shape index (κ1) is 11.5. The van der Waals surface area contributed by atoms with Crippen LogP contribution in [0.5, 0.6) is 0 Å². The molecule has 0 amide bonds. The molecule has 1 aliphatic rings. The summed E-state index contributed by atoms with van der Waals surface area (Å²) in [5, 5.41) is 9.04. The van der Waals surface area contributed by atoms with Gasteiger partial charge in [-0.05, 0) is 18.8 Å². The van der Waals surface area contributed by atoms with Crippen LogP contribution >= 0.6 is 0 Å². The Kier molecular flexibility index (Phi) is 4.37. The highest BCUT2D eigenvalue weighted by molar-refractivity contribution is 5.01. The number of nitrogens with zero attached hydrogens (tertiary/aromatic N) is 1. The molecule has 3 heteroatoms. The lowest BCUT2D eigenvalue weighted by Gasteiger charge is -2.18. The van der Waals surface area contributed by atoms with Crippen LogP contribution in [0.15, 0.2) is 0 Å². The third-order valence-electron chi connectivity index (χ3n) is 2.52. The fraction of sp³-hybridized carbons (Fsp3) is 0.909. The van der Waals surface area contributed by atoms with Crippen molar-refractivity contribution in [3.63, 3.8) is 0 Å². The number of hydrogen-bond donors (Lipinski definition) is 0.